The van der Waals surface area contributed by atoms with Crippen LogP contribution in [0.25, 0.3) is 0 Å². The maximum Gasteiger partial charge on any atom is 0.140 e. The standard InChI is InChI=1S/C9H10N2O/c1-7(12)9(2-3-9)8-4-10-6-11-5-8/h4-6H,2-3H2,1H3. The predicted octanol–water partition coefficient (Wildman–Crippen LogP) is 1.10. The molecule has 0 spiro atoms. The Balaban J connectivity index is 2.37. The Morgan fingerprint density at radius 2 is 2.00 bits per heavy atom. The van der Waals surface area contributed by atoms with Crippen LogP contribution in [-0.4, -0.2) is 15.8 Å². The first kappa shape index (κ1) is 7.40. The van der Waals surface area contributed by atoms with Crippen LogP contribution >= 0.6 is 0 Å². The number of hydrogen-bond donors (Lipinski definition) is 0. The number of carbonyl (C=O) groups excluding carboxylic acids is 1. The monoisotopic (exact) mass is 162 g/mol. The minimum Gasteiger partial charge on any atom is -0.299 e. The van der Waals surface area contributed by atoms with E-state index in [1.165, 1.54) is 6.33 Å². The summed E-state index contributed by atoms with van der Waals surface area (Å²) < 4.78 is 0. The topological polar surface area (TPSA) is 42.9 Å². The second kappa shape index (κ2) is 2.37. The minimum atomic E-state index is -0.221. The van der Waals surface area contributed by atoms with Crippen molar-refractivity contribution < 1.29 is 4.79 Å². The van der Waals surface area contributed by atoms with E-state index in [9.17, 15) is 4.79 Å². The molecule has 3 heteroatoms. The molecule has 1 aliphatic carbocycles. The van der Waals surface area contributed by atoms with Gasteiger partial charge >= 0.3 is 0 Å². The van der Waals surface area contributed by atoms with Gasteiger partial charge in [0.25, 0.3) is 0 Å². The largest absolute Gasteiger partial charge is 0.299 e. The van der Waals surface area contributed by atoms with Crippen LogP contribution in [0.3, 0.4) is 0 Å². The first-order valence-electron chi connectivity index (χ1n) is 4.02. The summed E-state index contributed by atoms with van der Waals surface area (Å²) in [5.74, 6) is 0.234. The molecule has 0 amide bonds. The summed E-state index contributed by atoms with van der Waals surface area (Å²) in [4.78, 5) is 19.1. The fraction of sp³-hybridized carbons (Fsp3) is 0.444. The fourth-order valence-corrected chi connectivity index (χ4v) is 1.52. The quantitative estimate of drug-likeness (QED) is 0.654. The highest BCUT2D eigenvalue weighted by Crippen LogP contribution is 2.48. The normalized spacial score (nSPS) is 18.8. The Hall–Kier alpha value is -1.25. The van der Waals surface area contributed by atoms with Crippen LogP contribution in [-0.2, 0) is 10.2 Å². The highest BCUT2D eigenvalue weighted by molar-refractivity contribution is 5.90. The van der Waals surface area contributed by atoms with Gasteiger partial charge in [0, 0.05) is 18.0 Å². The molecule has 1 saturated carbocycles. The summed E-state index contributed by atoms with van der Waals surface area (Å²) in [6.07, 6.45) is 6.87. The molecule has 2 rings (SSSR count). The Labute approximate surface area is 70.9 Å². The summed E-state index contributed by atoms with van der Waals surface area (Å²) >= 11 is 0. The number of hydrogen-bond acceptors (Lipinski definition) is 3. The molecule has 0 aliphatic heterocycles. The lowest BCUT2D eigenvalue weighted by Crippen LogP contribution is -2.17. The van der Waals surface area contributed by atoms with Crippen LogP contribution in [0.1, 0.15) is 25.3 Å². The summed E-state index contributed by atoms with van der Waals surface area (Å²) in [5, 5.41) is 0. The van der Waals surface area contributed by atoms with E-state index in [0.29, 0.717) is 0 Å². The molecule has 0 atom stereocenters. The van der Waals surface area contributed by atoms with Gasteiger partial charge in [-0.1, -0.05) is 0 Å². The Bertz CT molecular complexity index is 304. The van der Waals surface area contributed by atoms with Crippen LogP contribution < -0.4 is 0 Å². The fourth-order valence-electron chi connectivity index (χ4n) is 1.52. The van der Waals surface area contributed by atoms with E-state index in [0.717, 1.165) is 18.4 Å². The predicted molar refractivity (Wildman–Crippen MR) is 43.6 cm³/mol. The lowest BCUT2D eigenvalue weighted by Gasteiger charge is -2.08. The van der Waals surface area contributed by atoms with Crippen molar-refractivity contribution in [1.82, 2.24) is 9.97 Å². The summed E-state index contributed by atoms with van der Waals surface area (Å²) in [6.45, 7) is 1.64. The van der Waals surface area contributed by atoms with Crippen molar-refractivity contribution in [3.05, 3.63) is 24.3 Å². The van der Waals surface area contributed by atoms with Crippen LogP contribution in [0.5, 0.6) is 0 Å². The smallest absolute Gasteiger partial charge is 0.140 e. The number of rotatable bonds is 2. The Kier molecular flexibility index (Phi) is 1.46. The zero-order chi connectivity index (χ0) is 8.60. The molecule has 3 nitrogen and oxygen atoms in total. The van der Waals surface area contributed by atoms with Crippen LogP contribution in [0.4, 0.5) is 0 Å². The third-order valence-corrected chi connectivity index (χ3v) is 2.54. The molecule has 1 fully saturated rings. The minimum absolute atomic E-state index is 0.221. The lowest BCUT2D eigenvalue weighted by molar-refractivity contribution is -0.119. The molecule has 62 valence electrons. The van der Waals surface area contributed by atoms with Gasteiger partial charge in [-0.2, -0.15) is 0 Å². The molecule has 0 N–H and O–H groups in total. The number of carbonyl (C=O) groups is 1. The van der Waals surface area contributed by atoms with E-state index in [-0.39, 0.29) is 11.2 Å². The molecule has 0 radical (unpaired) electrons. The highest BCUT2D eigenvalue weighted by Gasteiger charge is 2.49. The molecule has 1 aliphatic rings. The molecular weight excluding hydrogens is 152 g/mol. The molecule has 0 saturated heterocycles. The lowest BCUT2D eigenvalue weighted by atomic mass is 9.95. The number of Topliss-reactive ketones (excluding diaryl/α,β-unsaturated/α-hetero) is 1. The van der Waals surface area contributed by atoms with E-state index in [1.54, 1.807) is 19.3 Å². The van der Waals surface area contributed by atoms with Crippen LogP contribution in [0, 0.1) is 0 Å². The molecule has 1 aromatic heterocycles. The molecule has 0 unspecified atom stereocenters. The van der Waals surface area contributed by atoms with Crippen molar-refractivity contribution in [3.63, 3.8) is 0 Å². The van der Waals surface area contributed by atoms with E-state index in [2.05, 4.69) is 9.97 Å². The van der Waals surface area contributed by atoms with Crippen molar-refractivity contribution >= 4 is 5.78 Å². The van der Waals surface area contributed by atoms with E-state index in [1.807, 2.05) is 0 Å². The van der Waals surface area contributed by atoms with Gasteiger partial charge in [0.1, 0.15) is 12.1 Å². The van der Waals surface area contributed by atoms with Crippen molar-refractivity contribution in [2.45, 2.75) is 25.2 Å². The van der Waals surface area contributed by atoms with Gasteiger partial charge in [0.15, 0.2) is 0 Å². The van der Waals surface area contributed by atoms with Crippen molar-refractivity contribution in [2.24, 2.45) is 0 Å². The van der Waals surface area contributed by atoms with Gasteiger partial charge in [-0.05, 0) is 19.8 Å². The molecule has 0 aromatic carbocycles. The summed E-state index contributed by atoms with van der Waals surface area (Å²) in [7, 11) is 0. The first-order valence-corrected chi connectivity index (χ1v) is 4.02. The zero-order valence-corrected chi connectivity index (χ0v) is 6.95. The van der Waals surface area contributed by atoms with Crippen molar-refractivity contribution in [3.8, 4) is 0 Å². The second-order valence-corrected chi connectivity index (χ2v) is 3.27. The van der Waals surface area contributed by atoms with Gasteiger partial charge in [-0.15, -0.1) is 0 Å². The average Bonchev–Trinajstić information content (AvgIpc) is 2.86. The Morgan fingerprint density at radius 3 is 2.42 bits per heavy atom. The first-order chi connectivity index (χ1) is 5.76. The molecule has 1 heterocycles. The maximum atomic E-state index is 11.3. The van der Waals surface area contributed by atoms with Gasteiger partial charge < -0.3 is 0 Å². The number of aromatic nitrogens is 2. The summed E-state index contributed by atoms with van der Waals surface area (Å²) in [5.41, 5.74) is 0.749. The van der Waals surface area contributed by atoms with Crippen LogP contribution in [0.15, 0.2) is 18.7 Å². The van der Waals surface area contributed by atoms with Gasteiger partial charge in [0.2, 0.25) is 0 Å². The van der Waals surface area contributed by atoms with Gasteiger partial charge in [0.05, 0.1) is 5.41 Å². The number of nitrogens with zero attached hydrogens (tertiary/aromatic N) is 2. The highest BCUT2D eigenvalue weighted by atomic mass is 16.1. The van der Waals surface area contributed by atoms with E-state index in [4.69, 9.17) is 0 Å². The van der Waals surface area contributed by atoms with Gasteiger partial charge in [-0.25, -0.2) is 9.97 Å². The van der Waals surface area contributed by atoms with Crippen molar-refractivity contribution in [1.29, 1.82) is 0 Å². The second-order valence-electron chi connectivity index (χ2n) is 3.27. The average molecular weight is 162 g/mol. The SMILES string of the molecule is CC(=O)C1(c2cncnc2)CC1. The zero-order valence-electron chi connectivity index (χ0n) is 6.95. The third-order valence-electron chi connectivity index (χ3n) is 2.54. The maximum absolute atomic E-state index is 11.3. The molecular formula is C9H10N2O. The molecule has 1 aromatic rings. The van der Waals surface area contributed by atoms with E-state index < -0.39 is 0 Å². The molecule has 0 bridgehead atoms. The number of ketones is 1. The third kappa shape index (κ3) is 0.932. The van der Waals surface area contributed by atoms with Crippen LogP contribution in [0.2, 0.25) is 0 Å². The Morgan fingerprint density at radius 1 is 1.42 bits per heavy atom. The van der Waals surface area contributed by atoms with Gasteiger partial charge in [-0.3, -0.25) is 4.79 Å². The van der Waals surface area contributed by atoms with Crippen molar-refractivity contribution in [2.75, 3.05) is 0 Å². The summed E-state index contributed by atoms with van der Waals surface area (Å²) in [6, 6.07) is 0. The van der Waals surface area contributed by atoms with E-state index >= 15 is 0 Å². The molecule has 12 heavy (non-hydrogen) atoms.